The molecule has 3 atom stereocenters. The number of anilines is 1. The topological polar surface area (TPSA) is 66.4 Å². The highest BCUT2D eigenvalue weighted by molar-refractivity contribution is 6.36. The lowest BCUT2D eigenvalue weighted by atomic mass is 10.0. The van der Waals surface area contributed by atoms with Gasteiger partial charge in [-0.05, 0) is 56.8 Å². The van der Waals surface area contributed by atoms with Crippen LogP contribution < -0.4 is 15.0 Å². The molecule has 2 aromatic heterocycles. The van der Waals surface area contributed by atoms with Gasteiger partial charge in [-0.3, -0.25) is 0 Å². The summed E-state index contributed by atoms with van der Waals surface area (Å²) >= 11 is 6.57. The summed E-state index contributed by atoms with van der Waals surface area (Å²) in [6, 6.07) is 14.4. The van der Waals surface area contributed by atoms with Gasteiger partial charge in [-0.2, -0.15) is 9.97 Å². The smallest absolute Gasteiger partial charge is 0.320 e. The third kappa shape index (κ3) is 4.25. The van der Waals surface area contributed by atoms with Crippen LogP contribution in [0, 0.1) is 5.82 Å². The second-order valence-corrected chi connectivity index (χ2v) is 11.2. The average molecular weight is 533 g/mol. The highest BCUT2D eigenvalue weighted by atomic mass is 35.5. The molecule has 0 saturated carbocycles. The number of hydrogen-bond donors (Lipinski definition) is 1. The van der Waals surface area contributed by atoms with Crippen molar-refractivity contribution in [2.75, 3.05) is 38.2 Å². The molecule has 0 amide bonds. The van der Waals surface area contributed by atoms with Crippen LogP contribution in [0.5, 0.6) is 6.01 Å². The summed E-state index contributed by atoms with van der Waals surface area (Å²) in [5.41, 5.74) is 1.29. The van der Waals surface area contributed by atoms with E-state index in [0.717, 1.165) is 56.1 Å². The first-order valence-electron chi connectivity index (χ1n) is 13.4. The third-order valence-electron chi connectivity index (χ3n) is 8.30. The Bertz CT molecular complexity index is 1520. The molecule has 3 fully saturated rings. The van der Waals surface area contributed by atoms with Crippen LogP contribution in [0.1, 0.15) is 25.7 Å². The number of likely N-dealkylation sites (N-methyl/N-ethyl adjacent to an activating group) is 1. The lowest BCUT2D eigenvalue weighted by Crippen LogP contribution is -2.51. The average Bonchev–Trinajstić information content (AvgIpc) is 3.49. The van der Waals surface area contributed by atoms with Crippen LogP contribution in [0.4, 0.5) is 10.2 Å². The fraction of sp³-hybridized carbons (Fsp3) is 0.414. The van der Waals surface area contributed by atoms with E-state index < -0.39 is 5.82 Å². The molecule has 5 heterocycles. The van der Waals surface area contributed by atoms with Gasteiger partial charge in [0, 0.05) is 47.2 Å². The van der Waals surface area contributed by atoms with Crippen LogP contribution in [0.25, 0.3) is 33.1 Å². The number of nitrogens with one attached hydrogen (secondary N) is 1. The number of nitrogens with zero attached hydrogens (tertiary/aromatic N) is 5. The quantitative estimate of drug-likeness (QED) is 0.386. The molecule has 3 aliphatic rings. The van der Waals surface area contributed by atoms with Gasteiger partial charge in [0.1, 0.15) is 23.9 Å². The maximum atomic E-state index is 15.8. The van der Waals surface area contributed by atoms with E-state index in [0.29, 0.717) is 58.2 Å². The minimum atomic E-state index is -0.422. The zero-order valence-electron chi connectivity index (χ0n) is 21.3. The summed E-state index contributed by atoms with van der Waals surface area (Å²) in [6.07, 6.45) is 4.53. The van der Waals surface area contributed by atoms with Crippen molar-refractivity contribution in [3.8, 4) is 17.3 Å². The first kappa shape index (κ1) is 24.0. The normalized spacial score (nSPS) is 23.6. The molecule has 3 aliphatic heterocycles. The van der Waals surface area contributed by atoms with Crippen molar-refractivity contribution in [3.63, 3.8) is 0 Å². The number of halogens is 2. The molecule has 2 bridgehead atoms. The molecular weight excluding hydrogens is 503 g/mol. The van der Waals surface area contributed by atoms with Gasteiger partial charge >= 0.3 is 6.01 Å². The standard InChI is InChI=1S/C29H30ClFN6O/c1-36-12-4-7-20(36)16-38-29-34-27-22(28(35-29)37-14-18-10-11-19(15-37)32-18)13-24(31)26(33-27)21-8-2-5-17-6-3-9-23(30)25(17)21/h2-3,5-6,8-9,13,18-20,32H,4,7,10-12,14-16H2,1H3/t18?,19?,20-/m0/s1. The van der Waals surface area contributed by atoms with Crippen LogP contribution in [0.15, 0.2) is 42.5 Å². The Morgan fingerprint density at radius 2 is 1.84 bits per heavy atom. The van der Waals surface area contributed by atoms with E-state index >= 15 is 4.39 Å². The van der Waals surface area contributed by atoms with Crippen LogP contribution >= 0.6 is 11.6 Å². The second kappa shape index (κ2) is 9.59. The van der Waals surface area contributed by atoms with Gasteiger partial charge < -0.3 is 19.9 Å². The summed E-state index contributed by atoms with van der Waals surface area (Å²) in [5.74, 6) is 0.270. The molecule has 1 N–H and O–H groups in total. The largest absolute Gasteiger partial charge is 0.462 e. The molecule has 196 valence electrons. The first-order valence-corrected chi connectivity index (χ1v) is 13.8. The van der Waals surface area contributed by atoms with E-state index in [9.17, 15) is 0 Å². The van der Waals surface area contributed by atoms with E-state index in [-0.39, 0.29) is 5.69 Å². The summed E-state index contributed by atoms with van der Waals surface area (Å²) in [5, 5.41) is 6.53. The van der Waals surface area contributed by atoms with Gasteiger partial charge in [0.05, 0.1) is 5.39 Å². The van der Waals surface area contributed by atoms with Crippen molar-refractivity contribution in [2.24, 2.45) is 0 Å². The number of piperazine rings is 1. The van der Waals surface area contributed by atoms with E-state index in [2.05, 4.69) is 22.2 Å². The molecule has 7 rings (SSSR count). The molecule has 7 nitrogen and oxygen atoms in total. The van der Waals surface area contributed by atoms with Gasteiger partial charge in [0.25, 0.3) is 0 Å². The molecule has 3 saturated heterocycles. The Morgan fingerprint density at radius 1 is 1.05 bits per heavy atom. The minimum Gasteiger partial charge on any atom is -0.462 e. The molecule has 9 heteroatoms. The summed E-state index contributed by atoms with van der Waals surface area (Å²) < 4.78 is 22.0. The van der Waals surface area contributed by atoms with Crippen molar-refractivity contribution >= 4 is 39.2 Å². The third-order valence-corrected chi connectivity index (χ3v) is 8.62. The molecule has 2 aromatic carbocycles. The Morgan fingerprint density at radius 3 is 2.61 bits per heavy atom. The highest BCUT2D eigenvalue weighted by Gasteiger charge is 2.34. The van der Waals surface area contributed by atoms with Crippen molar-refractivity contribution in [1.82, 2.24) is 25.2 Å². The van der Waals surface area contributed by atoms with E-state index in [1.54, 1.807) is 0 Å². The van der Waals surface area contributed by atoms with Crippen LogP contribution in [-0.4, -0.2) is 71.3 Å². The lowest BCUT2D eigenvalue weighted by Gasteiger charge is -2.34. The molecule has 4 aromatic rings. The molecule has 38 heavy (non-hydrogen) atoms. The molecular formula is C29H30ClFN6O. The van der Waals surface area contributed by atoms with E-state index in [4.69, 9.17) is 31.3 Å². The lowest BCUT2D eigenvalue weighted by molar-refractivity contribution is 0.188. The highest BCUT2D eigenvalue weighted by Crippen LogP contribution is 2.37. The van der Waals surface area contributed by atoms with Gasteiger partial charge in [-0.25, -0.2) is 9.37 Å². The van der Waals surface area contributed by atoms with Crippen LogP contribution in [0.3, 0.4) is 0 Å². The predicted molar refractivity (Wildman–Crippen MR) is 149 cm³/mol. The number of likely N-dealkylation sites (tertiary alicyclic amines) is 1. The first-order chi connectivity index (χ1) is 18.5. The molecule has 2 unspecified atom stereocenters. The van der Waals surface area contributed by atoms with Crippen molar-refractivity contribution < 1.29 is 9.13 Å². The van der Waals surface area contributed by atoms with E-state index in [1.165, 1.54) is 6.07 Å². The van der Waals surface area contributed by atoms with Crippen LogP contribution in [0.2, 0.25) is 5.02 Å². The van der Waals surface area contributed by atoms with Gasteiger partial charge in [0.2, 0.25) is 0 Å². The van der Waals surface area contributed by atoms with Crippen LogP contribution in [-0.2, 0) is 0 Å². The number of benzene rings is 2. The maximum absolute atomic E-state index is 15.8. The van der Waals surface area contributed by atoms with Crippen molar-refractivity contribution in [2.45, 2.75) is 43.8 Å². The number of rotatable bonds is 5. The Hall–Kier alpha value is -3.07. The number of fused-ring (bicyclic) bond motifs is 4. The van der Waals surface area contributed by atoms with Crippen molar-refractivity contribution in [1.29, 1.82) is 0 Å². The van der Waals surface area contributed by atoms with Gasteiger partial charge in [0.15, 0.2) is 5.65 Å². The van der Waals surface area contributed by atoms with Gasteiger partial charge in [-0.15, -0.1) is 0 Å². The van der Waals surface area contributed by atoms with Crippen molar-refractivity contribution in [3.05, 3.63) is 53.3 Å². The zero-order chi connectivity index (χ0) is 25.8. The monoisotopic (exact) mass is 532 g/mol. The number of hydrogen-bond acceptors (Lipinski definition) is 7. The fourth-order valence-electron chi connectivity index (χ4n) is 6.31. The zero-order valence-corrected chi connectivity index (χ0v) is 22.1. The Balaban J connectivity index is 1.35. The predicted octanol–water partition coefficient (Wildman–Crippen LogP) is 5.05. The minimum absolute atomic E-state index is 0.225. The van der Waals surface area contributed by atoms with E-state index in [1.807, 2.05) is 36.4 Å². The SMILES string of the molecule is CN1CCC[C@H]1COc1nc(N2CC3CCC(C2)N3)c2cc(F)c(-c3cccc4cccc(Cl)c34)nc2n1. The maximum Gasteiger partial charge on any atom is 0.320 e. The molecule has 0 aliphatic carbocycles. The second-order valence-electron chi connectivity index (χ2n) is 10.8. The number of ether oxygens (including phenoxy) is 1. The Kier molecular flexibility index (Phi) is 6.06. The molecule has 0 radical (unpaired) electrons. The summed E-state index contributed by atoms with van der Waals surface area (Å²) in [4.78, 5) is 18.9. The number of aromatic nitrogens is 3. The molecule has 0 spiro atoms. The number of pyridine rings is 1. The Labute approximate surface area is 226 Å². The fourth-order valence-corrected chi connectivity index (χ4v) is 6.60. The van der Waals surface area contributed by atoms with Gasteiger partial charge in [-0.1, -0.05) is 41.9 Å². The summed E-state index contributed by atoms with van der Waals surface area (Å²) in [6.45, 7) is 3.21. The summed E-state index contributed by atoms with van der Waals surface area (Å²) in [7, 11) is 2.12.